The van der Waals surface area contributed by atoms with Crippen LogP contribution in [0.2, 0.25) is 0 Å². The molecule has 0 fully saturated rings. The van der Waals surface area contributed by atoms with E-state index in [4.69, 9.17) is 4.74 Å². The Kier molecular flexibility index (Phi) is 6.49. The fourth-order valence-corrected chi connectivity index (χ4v) is 3.44. The maximum Gasteiger partial charge on any atom is 0.411 e. The number of hydrogen-bond acceptors (Lipinski definition) is 2. The summed E-state index contributed by atoms with van der Waals surface area (Å²) in [4.78, 5) is 15.1. The first-order chi connectivity index (χ1) is 13.6. The molecule has 0 aromatic heterocycles. The number of amides is 1. The largest absolute Gasteiger partial charge is 0.441 e. The fraction of sp³-hybridized carbons (Fsp3) is 0.240. The average molecular weight is 373 g/mol. The minimum absolute atomic E-state index is 0.119. The molecule has 0 bridgehead atoms. The van der Waals surface area contributed by atoms with Crippen LogP contribution in [0.1, 0.15) is 55.6 Å². The zero-order chi connectivity index (χ0) is 19.9. The Labute approximate surface area is 167 Å². The van der Waals surface area contributed by atoms with Gasteiger partial charge in [0.2, 0.25) is 0 Å². The van der Waals surface area contributed by atoms with Gasteiger partial charge < -0.3 is 4.74 Å². The first-order valence-electron chi connectivity index (χ1n) is 9.71. The Balaban J connectivity index is 1.88. The summed E-state index contributed by atoms with van der Waals surface area (Å²) < 4.78 is 5.87. The lowest BCUT2D eigenvalue weighted by Gasteiger charge is -2.35. The number of benzene rings is 3. The second-order valence-corrected chi connectivity index (χ2v) is 7.02. The van der Waals surface area contributed by atoms with E-state index in [1.165, 1.54) is 0 Å². The van der Waals surface area contributed by atoms with E-state index < -0.39 is 0 Å². The summed E-state index contributed by atoms with van der Waals surface area (Å²) in [5.74, 6) is 0. The quantitative estimate of drug-likeness (QED) is 0.480. The van der Waals surface area contributed by atoms with Crippen LogP contribution in [0.3, 0.4) is 0 Å². The van der Waals surface area contributed by atoms with Crippen LogP contribution < -0.4 is 0 Å². The molecule has 3 aromatic rings. The zero-order valence-corrected chi connectivity index (χ0v) is 16.7. The molecule has 0 radical (unpaired) electrons. The van der Waals surface area contributed by atoms with Crippen LogP contribution in [0.5, 0.6) is 0 Å². The molecule has 0 unspecified atom stereocenters. The van der Waals surface area contributed by atoms with Gasteiger partial charge in [-0.2, -0.15) is 0 Å². The van der Waals surface area contributed by atoms with Crippen LogP contribution in [-0.4, -0.2) is 11.0 Å². The van der Waals surface area contributed by atoms with Gasteiger partial charge in [-0.3, -0.25) is 4.90 Å². The lowest BCUT2D eigenvalue weighted by atomic mass is 10.0. The highest BCUT2D eigenvalue weighted by molar-refractivity contribution is 5.69. The molecule has 3 heteroatoms. The third-order valence-corrected chi connectivity index (χ3v) is 5.16. The summed E-state index contributed by atoms with van der Waals surface area (Å²) in [6.45, 7) is 6.00. The van der Waals surface area contributed by atoms with Crippen molar-refractivity contribution in [3.05, 3.63) is 108 Å². The van der Waals surface area contributed by atoms with Crippen LogP contribution in [0.4, 0.5) is 4.79 Å². The third-order valence-electron chi connectivity index (χ3n) is 5.16. The minimum Gasteiger partial charge on any atom is -0.441 e. The van der Waals surface area contributed by atoms with Crippen LogP contribution in [0.15, 0.2) is 91.0 Å². The molecule has 144 valence electrons. The molecular weight excluding hydrogens is 346 g/mol. The van der Waals surface area contributed by atoms with Gasteiger partial charge in [0.15, 0.2) is 0 Å². The highest BCUT2D eigenvalue weighted by Crippen LogP contribution is 2.32. The van der Waals surface area contributed by atoms with Gasteiger partial charge in [0.05, 0.1) is 12.1 Å². The van der Waals surface area contributed by atoms with Gasteiger partial charge in [-0.25, -0.2) is 4.79 Å². The summed E-state index contributed by atoms with van der Waals surface area (Å²) in [5.41, 5.74) is 3.14. The second-order valence-electron chi connectivity index (χ2n) is 7.02. The standard InChI is InChI=1S/C25H27NO2/c1-19(22-13-7-4-8-14-22)26(20(2)23-15-9-5-10-16-23)25(27)28-21(3)24-17-11-6-12-18-24/h4-21H,1-3H3/t19-,20-,21-/m0/s1. The summed E-state index contributed by atoms with van der Waals surface area (Å²) in [6, 6.07) is 29.7. The van der Waals surface area contributed by atoms with Gasteiger partial charge in [-0.1, -0.05) is 91.0 Å². The topological polar surface area (TPSA) is 29.5 Å². The molecule has 1 amide bonds. The molecule has 3 aromatic carbocycles. The van der Waals surface area contributed by atoms with E-state index in [-0.39, 0.29) is 24.3 Å². The molecule has 3 rings (SSSR count). The molecule has 28 heavy (non-hydrogen) atoms. The van der Waals surface area contributed by atoms with E-state index >= 15 is 0 Å². The van der Waals surface area contributed by atoms with E-state index in [2.05, 4.69) is 0 Å². The average Bonchev–Trinajstić information content (AvgIpc) is 2.75. The molecule has 0 aliphatic rings. The Bertz CT molecular complexity index is 819. The summed E-state index contributed by atoms with van der Waals surface area (Å²) in [5, 5.41) is 0. The third kappa shape index (κ3) is 4.61. The lowest BCUT2D eigenvalue weighted by Crippen LogP contribution is -2.36. The van der Waals surface area contributed by atoms with E-state index in [0.717, 1.165) is 16.7 Å². The number of nitrogens with zero attached hydrogens (tertiary/aromatic N) is 1. The molecule has 0 saturated heterocycles. The van der Waals surface area contributed by atoms with E-state index in [9.17, 15) is 4.79 Å². The molecular formula is C25H27NO2. The number of carbonyl (C=O) groups is 1. The number of rotatable bonds is 6. The van der Waals surface area contributed by atoms with Crippen molar-refractivity contribution in [2.45, 2.75) is 39.0 Å². The van der Waals surface area contributed by atoms with Crippen LogP contribution in [-0.2, 0) is 4.74 Å². The molecule has 0 aliphatic carbocycles. The zero-order valence-electron chi connectivity index (χ0n) is 16.7. The molecule has 0 heterocycles. The second kappa shape index (κ2) is 9.23. The van der Waals surface area contributed by atoms with Crippen LogP contribution in [0, 0.1) is 0 Å². The predicted octanol–water partition coefficient (Wildman–Crippen LogP) is 6.71. The first kappa shape index (κ1) is 19.7. The van der Waals surface area contributed by atoms with Crippen molar-refractivity contribution < 1.29 is 9.53 Å². The first-order valence-corrected chi connectivity index (χ1v) is 9.71. The Morgan fingerprint density at radius 2 is 1.00 bits per heavy atom. The van der Waals surface area contributed by atoms with Gasteiger partial charge in [0.25, 0.3) is 0 Å². The number of hydrogen-bond donors (Lipinski definition) is 0. The van der Waals surface area contributed by atoms with Crippen molar-refractivity contribution in [3.63, 3.8) is 0 Å². The summed E-state index contributed by atoms with van der Waals surface area (Å²) in [7, 11) is 0. The molecule has 0 spiro atoms. The molecule has 3 nitrogen and oxygen atoms in total. The fourth-order valence-electron chi connectivity index (χ4n) is 3.44. The van der Waals surface area contributed by atoms with Gasteiger partial charge in [-0.15, -0.1) is 0 Å². The van der Waals surface area contributed by atoms with Crippen molar-refractivity contribution in [2.75, 3.05) is 0 Å². The number of carbonyl (C=O) groups excluding carboxylic acids is 1. The van der Waals surface area contributed by atoms with Gasteiger partial charge in [-0.05, 0) is 37.5 Å². The van der Waals surface area contributed by atoms with E-state index in [1.807, 2.05) is 117 Å². The van der Waals surface area contributed by atoms with E-state index in [1.54, 1.807) is 0 Å². The Morgan fingerprint density at radius 1 is 0.643 bits per heavy atom. The van der Waals surface area contributed by atoms with Crippen molar-refractivity contribution in [2.24, 2.45) is 0 Å². The van der Waals surface area contributed by atoms with Crippen molar-refractivity contribution in [1.82, 2.24) is 4.90 Å². The van der Waals surface area contributed by atoms with Gasteiger partial charge >= 0.3 is 6.09 Å². The monoisotopic (exact) mass is 373 g/mol. The maximum atomic E-state index is 13.3. The molecule has 0 N–H and O–H groups in total. The lowest BCUT2D eigenvalue weighted by molar-refractivity contribution is 0.0451. The van der Waals surface area contributed by atoms with E-state index in [0.29, 0.717) is 0 Å². The van der Waals surface area contributed by atoms with Crippen LogP contribution in [0.25, 0.3) is 0 Å². The van der Waals surface area contributed by atoms with Gasteiger partial charge in [0.1, 0.15) is 6.10 Å². The van der Waals surface area contributed by atoms with Crippen molar-refractivity contribution in [3.8, 4) is 0 Å². The molecule has 3 atom stereocenters. The highest BCUT2D eigenvalue weighted by atomic mass is 16.6. The Morgan fingerprint density at radius 3 is 1.39 bits per heavy atom. The van der Waals surface area contributed by atoms with Crippen LogP contribution >= 0.6 is 0 Å². The highest BCUT2D eigenvalue weighted by Gasteiger charge is 2.30. The van der Waals surface area contributed by atoms with Gasteiger partial charge in [0, 0.05) is 0 Å². The minimum atomic E-state index is -0.317. The van der Waals surface area contributed by atoms with Crippen molar-refractivity contribution in [1.29, 1.82) is 0 Å². The summed E-state index contributed by atoms with van der Waals surface area (Å²) >= 11 is 0. The Hall–Kier alpha value is -3.07. The smallest absolute Gasteiger partial charge is 0.411 e. The SMILES string of the molecule is C[C@H](OC(=O)N([C@@H](C)c1ccccc1)[C@@H](C)c1ccccc1)c1ccccc1. The normalized spacial score (nSPS) is 14.0. The maximum absolute atomic E-state index is 13.3. The van der Waals surface area contributed by atoms with Crippen molar-refractivity contribution >= 4 is 6.09 Å². The molecule has 0 aliphatic heterocycles. The summed E-state index contributed by atoms with van der Waals surface area (Å²) in [6.07, 6.45) is -0.633. The predicted molar refractivity (Wildman–Crippen MR) is 113 cm³/mol. The number of ether oxygens (including phenoxy) is 1. The molecule has 0 saturated carbocycles.